The van der Waals surface area contributed by atoms with Gasteiger partial charge in [0.2, 0.25) is 0 Å². The molecule has 0 bridgehead atoms. The quantitative estimate of drug-likeness (QED) is 0.744. The van der Waals surface area contributed by atoms with E-state index in [-0.39, 0.29) is 22.8 Å². The van der Waals surface area contributed by atoms with Crippen LogP contribution in [0, 0.1) is 0 Å². The zero-order valence-electron chi connectivity index (χ0n) is 12.6. The molecule has 8 heteroatoms. The van der Waals surface area contributed by atoms with Crippen LogP contribution in [-0.4, -0.2) is 27.3 Å². The van der Waals surface area contributed by atoms with Gasteiger partial charge in [0, 0.05) is 6.26 Å². The van der Waals surface area contributed by atoms with Gasteiger partial charge in [0.25, 0.3) is 0 Å². The lowest BCUT2D eigenvalue weighted by Gasteiger charge is -2.07. The van der Waals surface area contributed by atoms with Crippen LogP contribution in [0.15, 0.2) is 53.4 Å². The van der Waals surface area contributed by atoms with Crippen molar-refractivity contribution in [1.82, 2.24) is 0 Å². The molecule has 24 heavy (non-hydrogen) atoms. The minimum absolute atomic E-state index is 0.0106. The number of carbonyl (C=O) groups excluding carboxylic acids is 1. The summed E-state index contributed by atoms with van der Waals surface area (Å²) in [6.07, 6.45) is 1.07. The molecule has 0 N–H and O–H groups in total. The van der Waals surface area contributed by atoms with E-state index >= 15 is 0 Å². The van der Waals surface area contributed by atoms with Crippen LogP contribution in [-0.2, 0) is 21.2 Å². The first-order valence-corrected chi connectivity index (χ1v) is 8.66. The van der Waals surface area contributed by atoms with Crippen molar-refractivity contribution < 1.29 is 31.5 Å². The van der Waals surface area contributed by atoms with Gasteiger partial charge in [0.15, 0.2) is 9.84 Å². The van der Waals surface area contributed by atoms with Gasteiger partial charge in [-0.2, -0.15) is 8.78 Å². The molecule has 0 saturated heterocycles. The van der Waals surface area contributed by atoms with Gasteiger partial charge in [-0.1, -0.05) is 12.1 Å². The molecule has 0 spiro atoms. The van der Waals surface area contributed by atoms with E-state index in [1.807, 2.05) is 0 Å². The van der Waals surface area contributed by atoms with Crippen LogP contribution >= 0.6 is 0 Å². The van der Waals surface area contributed by atoms with Crippen LogP contribution in [0.3, 0.4) is 0 Å². The molecule has 0 heterocycles. The van der Waals surface area contributed by atoms with Crippen molar-refractivity contribution in [2.45, 2.75) is 18.1 Å². The van der Waals surface area contributed by atoms with Crippen molar-refractivity contribution in [1.29, 1.82) is 0 Å². The number of hydrogen-bond donors (Lipinski definition) is 0. The van der Waals surface area contributed by atoms with Gasteiger partial charge in [0.05, 0.1) is 10.5 Å². The standard InChI is InChI=1S/C16H14F2O5S/c1-24(20,21)14-8-4-12(5-9-14)15(19)22-10-11-2-6-13(7-3-11)23-16(17)18/h2-9,16H,10H2,1H3. The van der Waals surface area contributed by atoms with E-state index < -0.39 is 22.4 Å². The van der Waals surface area contributed by atoms with Crippen molar-refractivity contribution in [3.05, 3.63) is 59.7 Å². The highest BCUT2D eigenvalue weighted by Gasteiger charge is 2.11. The van der Waals surface area contributed by atoms with Crippen LogP contribution in [0.1, 0.15) is 15.9 Å². The predicted molar refractivity (Wildman–Crippen MR) is 81.7 cm³/mol. The van der Waals surface area contributed by atoms with Crippen molar-refractivity contribution in [2.75, 3.05) is 6.26 Å². The Morgan fingerprint density at radius 2 is 1.62 bits per heavy atom. The number of esters is 1. The van der Waals surface area contributed by atoms with Crippen molar-refractivity contribution in [3.63, 3.8) is 0 Å². The number of carbonyl (C=O) groups is 1. The highest BCUT2D eigenvalue weighted by atomic mass is 32.2. The van der Waals surface area contributed by atoms with Gasteiger partial charge in [-0.25, -0.2) is 13.2 Å². The molecule has 5 nitrogen and oxygen atoms in total. The Hall–Kier alpha value is -2.48. The predicted octanol–water partition coefficient (Wildman–Crippen LogP) is 3.05. The minimum Gasteiger partial charge on any atom is -0.457 e. The summed E-state index contributed by atoms with van der Waals surface area (Å²) < 4.78 is 56.1. The molecule has 0 radical (unpaired) electrons. The second kappa shape index (κ2) is 7.39. The fourth-order valence-corrected chi connectivity index (χ4v) is 2.47. The summed E-state index contributed by atoms with van der Waals surface area (Å²) in [7, 11) is -3.33. The van der Waals surface area contributed by atoms with Crippen LogP contribution in [0.4, 0.5) is 8.78 Å². The second-order valence-corrected chi connectivity index (χ2v) is 6.91. The number of rotatable bonds is 6. The van der Waals surface area contributed by atoms with Gasteiger partial charge >= 0.3 is 12.6 Å². The fourth-order valence-electron chi connectivity index (χ4n) is 1.84. The highest BCUT2D eigenvalue weighted by molar-refractivity contribution is 7.90. The summed E-state index contributed by atoms with van der Waals surface area (Å²) in [5.74, 6) is -0.612. The molecule has 2 aromatic carbocycles. The highest BCUT2D eigenvalue weighted by Crippen LogP contribution is 2.16. The lowest BCUT2D eigenvalue weighted by atomic mass is 10.2. The maximum Gasteiger partial charge on any atom is 0.387 e. The summed E-state index contributed by atoms with van der Waals surface area (Å²) in [6.45, 7) is -2.95. The Morgan fingerprint density at radius 3 is 2.12 bits per heavy atom. The Bertz CT molecular complexity index is 799. The average molecular weight is 356 g/mol. The summed E-state index contributed by atoms with van der Waals surface area (Å²) >= 11 is 0. The summed E-state index contributed by atoms with van der Waals surface area (Å²) in [5, 5.41) is 0. The number of halogens is 2. The van der Waals surface area contributed by atoms with Crippen molar-refractivity contribution in [2.24, 2.45) is 0 Å². The van der Waals surface area contributed by atoms with E-state index in [4.69, 9.17) is 4.74 Å². The Balaban J connectivity index is 1.95. The third-order valence-corrected chi connectivity index (χ3v) is 4.17. The summed E-state index contributed by atoms with van der Waals surface area (Å²) in [6, 6.07) is 11.0. The Kier molecular flexibility index (Phi) is 5.50. The zero-order chi connectivity index (χ0) is 17.7. The largest absolute Gasteiger partial charge is 0.457 e. The molecule has 2 aromatic rings. The molecule has 0 aliphatic rings. The molecular formula is C16H14F2O5S. The first-order chi connectivity index (χ1) is 11.3. The van der Waals surface area contributed by atoms with E-state index in [1.165, 1.54) is 48.5 Å². The first-order valence-electron chi connectivity index (χ1n) is 6.77. The van der Waals surface area contributed by atoms with Crippen LogP contribution < -0.4 is 4.74 Å². The maximum absolute atomic E-state index is 12.0. The number of benzene rings is 2. The first kappa shape index (κ1) is 17.9. The summed E-state index contributed by atoms with van der Waals surface area (Å²) in [4.78, 5) is 12.0. The van der Waals surface area contributed by atoms with E-state index in [0.717, 1.165) is 6.26 Å². The second-order valence-electron chi connectivity index (χ2n) is 4.90. The number of alkyl halides is 2. The molecule has 0 fully saturated rings. The molecular weight excluding hydrogens is 342 g/mol. The molecule has 128 valence electrons. The monoisotopic (exact) mass is 356 g/mol. The van der Waals surface area contributed by atoms with Gasteiger partial charge in [-0.15, -0.1) is 0 Å². The Labute approximate surface area is 137 Å². The van der Waals surface area contributed by atoms with E-state index in [9.17, 15) is 22.0 Å². The maximum atomic E-state index is 12.0. The fraction of sp³-hybridized carbons (Fsp3) is 0.188. The smallest absolute Gasteiger partial charge is 0.387 e. The molecule has 0 aliphatic heterocycles. The zero-order valence-corrected chi connectivity index (χ0v) is 13.4. The van der Waals surface area contributed by atoms with E-state index in [2.05, 4.69) is 4.74 Å². The van der Waals surface area contributed by atoms with E-state index in [1.54, 1.807) is 0 Å². The van der Waals surface area contributed by atoms with E-state index in [0.29, 0.717) is 5.56 Å². The SMILES string of the molecule is CS(=O)(=O)c1ccc(C(=O)OCc2ccc(OC(F)F)cc2)cc1. The number of hydrogen-bond acceptors (Lipinski definition) is 5. The number of sulfone groups is 1. The van der Waals surface area contributed by atoms with Gasteiger partial charge < -0.3 is 9.47 Å². The molecule has 0 aromatic heterocycles. The molecule has 0 amide bonds. The van der Waals surface area contributed by atoms with Crippen LogP contribution in [0.25, 0.3) is 0 Å². The van der Waals surface area contributed by atoms with Gasteiger partial charge in [-0.3, -0.25) is 0 Å². The van der Waals surface area contributed by atoms with Crippen LogP contribution in [0.2, 0.25) is 0 Å². The normalized spacial score (nSPS) is 11.3. The average Bonchev–Trinajstić information content (AvgIpc) is 2.52. The third kappa shape index (κ3) is 5.02. The third-order valence-electron chi connectivity index (χ3n) is 3.04. The van der Waals surface area contributed by atoms with Crippen molar-refractivity contribution in [3.8, 4) is 5.75 Å². The molecule has 2 rings (SSSR count). The topological polar surface area (TPSA) is 69.7 Å². The Morgan fingerprint density at radius 1 is 1.04 bits per heavy atom. The number of ether oxygens (including phenoxy) is 2. The lowest BCUT2D eigenvalue weighted by molar-refractivity contribution is -0.0498. The van der Waals surface area contributed by atoms with Gasteiger partial charge in [0.1, 0.15) is 12.4 Å². The van der Waals surface area contributed by atoms with Gasteiger partial charge in [-0.05, 0) is 42.0 Å². The minimum atomic E-state index is -3.33. The van der Waals surface area contributed by atoms with Crippen LogP contribution in [0.5, 0.6) is 5.75 Å². The lowest BCUT2D eigenvalue weighted by Crippen LogP contribution is -2.06. The molecule has 0 saturated carbocycles. The van der Waals surface area contributed by atoms with Crippen molar-refractivity contribution >= 4 is 15.8 Å². The molecule has 0 aliphatic carbocycles. The molecule has 0 atom stereocenters. The summed E-state index contributed by atoms with van der Waals surface area (Å²) in [5.41, 5.74) is 0.803. The molecule has 0 unspecified atom stereocenters.